The van der Waals surface area contributed by atoms with Crippen LogP contribution in [0.4, 0.5) is 0 Å². The molecule has 2 aromatic carbocycles. The number of amides is 1. The molecule has 0 bridgehead atoms. The highest BCUT2D eigenvalue weighted by Crippen LogP contribution is 2.40. The van der Waals surface area contributed by atoms with Gasteiger partial charge < -0.3 is 20.5 Å². The number of esters is 2. The third kappa shape index (κ3) is 3.43. The van der Waals surface area contributed by atoms with Crippen LogP contribution in [0.25, 0.3) is 10.8 Å². The van der Waals surface area contributed by atoms with E-state index >= 15 is 0 Å². The molecule has 3 N–H and O–H groups in total. The summed E-state index contributed by atoms with van der Waals surface area (Å²) in [5.41, 5.74) is 6.69. The second kappa shape index (κ2) is 8.12. The lowest BCUT2D eigenvalue weighted by Gasteiger charge is -2.32. The number of nitrogens with two attached hydrogens (primary N) is 1. The van der Waals surface area contributed by atoms with Gasteiger partial charge in [0.1, 0.15) is 11.7 Å². The Hall–Kier alpha value is -3.35. The smallest absolute Gasteiger partial charge is 0.338 e. The Labute approximate surface area is 162 Å². The number of rotatable bonds is 5. The van der Waals surface area contributed by atoms with Crippen LogP contribution in [0, 0.1) is 5.92 Å². The van der Waals surface area contributed by atoms with Crippen molar-refractivity contribution in [3.05, 3.63) is 59.4 Å². The van der Waals surface area contributed by atoms with Gasteiger partial charge in [-0.1, -0.05) is 42.5 Å². The lowest BCUT2D eigenvalue weighted by molar-refractivity contribution is -0.153. The Bertz CT molecular complexity index is 961. The lowest BCUT2D eigenvalue weighted by Crippen LogP contribution is -2.48. The zero-order chi connectivity index (χ0) is 20.3. The van der Waals surface area contributed by atoms with Gasteiger partial charge >= 0.3 is 11.9 Å². The van der Waals surface area contributed by atoms with Crippen molar-refractivity contribution in [2.45, 2.75) is 19.8 Å². The van der Waals surface area contributed by atoms with Crippen molar-refractivity contribution in [2.24, 2.45) is 11.7 Å². The van der Waals surface area contributed by atoms with E-state index in [4.69, 9.17) is 15.2 Å². The molecule has 1 aliphatic rings. The number of benzene rings is 2. The maximum Gasteiger partial charge on any atom is 0.338 e. The highest BCUT2D eigenvalue weighted by molar-refractivity contribution is 6.06. The van der Waals surface area contributed by atoms with Gasteiger partial charge in [0.05, 0.1) is 18.8 Å². The normalized spacial score (nSPS) is 19.3. The third-order valence-electron chi connectivity index (χ3n) is 4.67. The molecule has 0 saturated heterocycles. The number of ether oxygens (including phenoxy) is 2. The number of fused-ring (bicyclic) bond motifs is 1. The lowest BCUT2D eigenvalue weighted by atomic mass is 9.76. The summed E-state index contributed by atoms with van der Waals surface area (Å²) >= 11 is 0. The van der Waals surface area contributed by atoms with E-state index in [2.05, 4.69) is 5.32 Å². The SMILES string of the molecule is CCOC(=O)C1=C(N)NC(=O)C(C(=O)OCC)C1c1cccc2ccccc12. The molecular weight excluding hydrogens is 360 g/mol. The monoisotopic (exact) mass is 382 g/mol. The molecule has 3 rings (SSSR count). The van der Waals surface area contributed by atoms with E-state index in [1.54, 1.807) is 19.9 Å². The van der Waals surface area contributed by atoms with E-state index in [-0.39, 0.29) is 24.6 Å². The Morgan fingerprint density at radius 3 is 2.43 bits per heavy atom. The average Bonchev–Trinajstić information content (AvgIpc) is 2.67. The molecule has 28 heavy (non-hydrogen) atoms. The first-order valence-corrected chi connectivity index (χ1v) is 9.11. The Morgan fingerprint density at radius 1 is 1.04 bits per heavy atom. The van der Waals surface area contributed by atoms with Crippen molar-refractivity contribution in [3.8, 4) is 0 Å². The topological polar surface area (TPSA) is 108 Å². The molecule has 7 heteroatoms. The number of hydrogen-bond acceptors (Lipinski definition) is 6. The molecule has 0 aliphatic carbocycles. The highest BCUT2D eigenvalue weighted by atomic mass is 16.5. The van der Waals surface area contributed by atoms with Gasteiger partial charge in [-0.2, -0.15) is 0 Å². The molecule has 2 unspecified atom stereocenters. The zero-order valence-electron chi connectivity index (χ0n) is 15.7. The predicted molar refractivity (Wildman–Crippen MR) is 103 cm³/mol. The fourth-order valence-corrected chi connectivity index (χ4v) is 3.54. The maximum absolute atomic E-state index is 12.7. The Balaban J connectivity index is 2.26. The average molecular weight is 382 g/mol. The van der Waals surface area contributed by atoms with Crippen LogP contribution in [-0.4, -0.2) is 31.1 Å². The first-order valence-electron chi connectivity index (χ1n) is 9.11. The van der Waals surface area contributed by atoms with Crippen LogP contribution in [0.1, 0.15) is 25.3 Å². The molecule has 1 heterocycles. The largest absolute Gasteiger partial charge is 0.465 e. The summed E-state index contributed by atoms with van der Waals surface area (Å²) in [4.78, 5) is 38.0. The Morgan fingerprint density at radius 2 is 1.71 bits per heavy atom. The van der Waals surface area contributed by atoms with E-state index in [9.17, 15) is 14.4 Å². The van der Waals surface area contributed by atoms with Gasteiger partial charge in [-0.15, -0.1) is 0 Å². The van der Waals surface area contributed by atoms with Gasteiger partial charge in [-0.05, 0) is 30.2 Å². The first kappa shape index (κ1) is 19.4. The number of carbonyl (C=O) groups is 3. The van der Waals surface area contributed by atoms with Gasteiger partial charge in [-0.3, -0.25) is 9.59 Å². The molecule has 1 amide bonds. The molecule has 0 saturated carbocycles. The minimum atomic E-state index is -1.25. The summed E-state index contributed by atoms with van der Waals surface area (Å²) in [6, 6.07) is 13.0. The molecule has 0 fully saturated rings. The summed E-state index contributed by atoms with van der Waals surface area (Å²) in [5.74, 6) is -4.28. The van der Waals surface area contributed by atoms with Crippen molar-refractivity contribution in [2.75, 3.05) is 13.2 Å². The van der Waals surface area contributed by atoms with E-state index < -0.39 is 29.7 Å². The second-order valence-corrected chi connectivity index (χ2v) is 6.31. The molecule has 2 atom stereocenters. The zero-order valence-corrected chi connectivity index (χ0v) is 15.7. The second-order valence-electron chi connectivity index (χ2n) is 6.31. The van der Waals surface area contributed by atoms with Crippen LogP contribution in [0.15, 0.2) is 53.9 Å². The van der Waals surface area contributed by atoms with E-state index in [1.165, 1.54) is 0 Å². The molecule has 2 aromatic rings. The van der Waals surface area contributed by atoms with E-state index in [0.29, 0.717) is 5.56 Å². The summed E-state index contributed by atoms with van der Waals surface area (Å²) in [5, 5.41) is 4.15. The van der Waals surface area contributed by atoms with Crippen LogP contribution < -0.4 is 11.1 Å². The fourth-order valence-electron chi connectivity index (χ4n) is 3.54. The van der Waals surface area contributed by atoms with Crippen LogP contribution in [-0.2, 0) is 23.9 Å². The summed E-state index contributed by atoms with van der Waals surface area (Å²) in [6.07, 6.45) is 0. The summed E-state index contributed by atoms with van der Waals surface area (Å²) in [6.45, 7) is 3.57. The van der Waals surface area contributed by atoms with Crippen molar-refractivity contribution in [1.29, 1.82) is 0 Å². The van der Waals surface area contributed by atoms with Crippen LogP contribution in [0.2, 0.25) is 0 Å². The van der Waals surface area contributed by atoms with Crippen molar-refractivity contribution in [3.63, 3.8) is 0 Å². The fraction of sp³-hybridized carbons (Fsp3) is 0.286. The van der Waals surface area contributed by atoms with Gasteiger partial charge in [0.25, 0.3) is 0 Å². The quantitative estimate of drug-likeness (QED) is 0.605. The molecule has 0 radical (unpaired) electrons. The van der Waals surface area contributed by atoms with Crippen LogP contribution >= 0.6 is 0 Å². The van der Waals surface area contributed by atoms with Gasteiger partial charge in [0.15, 0.2) is 0 Å². The van der Waals surface area contributed by atoms with Crippen molar-refractivity contribution >= 4 is 28.6 Å². The molecule has 1 aliphatic heterocycles. The van der Waals surface area contributed by atoms with Crippen LogP contribution in [0.3, 0.4) is 0 Å². The molecule has 0 spiro atoms. The number of nitrogens with one attached hydrogen (secondary N) is 1. The standard InChI is InChI=1S/C21H22N2O5/c1-3-27-20(25)16-15(14-11-7-9-12-8-5-6-10-13(12)14)17(21(26)28-4-2)19(24)23-18(16)22/h5-11,15,17H,3-4,22H2,1-2H3,(H,23,24). The van der Waals surface area contributed by atoms with Crippen LogP contribution in [0.5, 0.6) is 0 Å². The maximum atomic E-state index is 12.7. The molecule has 0 aromatic heterocycles. The molecule has 7 nitrogen and oxygen atoms in total. The van der Waals surface area contributed by atoms with Gasteiger partial charge in [-0.25, -0.2) is 4.79 Å². The summed E-state index contributed by atoms with van der Waals surface area (Å²) < 4.78 is 10.3. The molecule has 146 valence electrons. The highest BCUT2D eigenvalue weighted by Gasteiger charge is 2.46. The Kier molecular flexibility index (Phi) is 5.63. The first-order chi connectivity index (χ1) is 13.5. The van der Waals surface area contributed by atoms with Gasteiger partial charge in [0, 0.05) is 5.92 Å². The van der Waals surface area contributed by atoms with E-state index in [1.807, 2.05) is 36.4 Å². The summed E-state index contributed by atoms with van der Waals surface area (Å²) in [7, 11) is 0. The minimum Gasteiger partial charge on any atom is -0.465 e. The number of hydrogen-bond donors (Lipinski definition) is 2. The van der Waals surface area contributed by atoms with Crippen molar-refractivity contribution < 1.29 is 23.9 Å². The minimum absolute atomic E-state index is 0.0517. The third-order valence-corrected chi connectivity index (χ3v) is 4.67. The molecular formula is C21H22N2O5. The predicted octanol–water partition coefficient (Wildman–Crippen LogP) is 1.97. The van der Waals surface area contributed by atoms with Gasteiger partial charge in [0.2, 0.25) is 5.91 Å². The number of carbonyl (C=O) groups excluding carboxylic acids is 3. The van der Waals surface area contributed by atoms with Crippen molar-refractivity contribution in [1.82, 2.24) is 5.32 Å². The van der Waals surface area contributed by atoms with E-state index in [0.717, 1.165) is 10.8 Å².